The summed E-state index contributed by atoms with van der Waals surface area (Å²) in [6, 6.07) is 12.8. The Kier molecular flexibility index (Phi) is 7.45. The van der Waals surface area contributed by atoms with Gasteiger partial charge in [-0.25, -0.2) is 0 Å². The number of carbonyl (C=O) groups excluding carboxylic acids is 1. The van der Waals surface area contributed by atoms with Crippen LogP contribution in [0.3, 0.4) is 0 Å². The van der Waals surface area contributed by atoms with Crippen LogP contribution in [-0.2, 0) is 17.4 Å². The minimum Gasteiger partial charge on any atom is -0.467 e. The van der Waals surface area contributed by atoms with Gasteiger partial charge < -0.3 is 10.1 Å². The van der Waals surface area contributed by atoms with Gasteiger partial charge in [-0.1, -0.05) is 49.2 Å². The van der Waals surface area contributed by atoms with E-state index in [-0.39, 0.29) is 16.6 Å². The maximum Gasteiger partial charge on any atom is 0.435 e. The number of carbonyl (C=O) groups is 1. The SMILES string of the molecule is CCCCc1ccc(NC(=O)COc2cc(C(F)(F)F)nn2-c2ccccc2Cl)c(C)c1. The Labute approximate surface area is 189 Å². The van der Waals surface area contributed by atoms with Crippen LogP contribution in [0.1, 0.15) is 36.6 Å². The first-order chi connectivity index (χ1) is 15.2. The first kappa shape index (κ1) is 23.7. The van der Waals surface area contributed by atoms with Crippen LogP contribution in [0.2, 0.25) is 5.02 Å². The van der Waals surface area contributed by atoms with Gasteiger partial charge in [-0.2, -0.15) is 23.0 Å². The minimum absolute atomic E-state index is 0.192. The summed E-state index contributed by atoms with van der Waals surface area (Å²) in [7, 11) is 0. The molecule has 170 valence electrons. The lowest BCUT2D eigenvalue weighted by atomic mass is 10.0. The number of anilines is 1. The molecule has 0 atom stereocenters. The lowest BCUT2D eigenvalue weighted by Gasteiger charge is -2.12. The Morgan fingerprint density at radius 1 is 1.19 bits per heavy atom. The summed E-state index contributed by atoms with van der Waals surface area (Å²) in [6.45, 7) is 3.51. The van der Waals surface area contributed by atoms with E-state index in [1.807, 2.05) is 25.1 Å². The van der Waals surface area contributed by atoms with Gasteiger partial charge in [0.15, 0.2) is 12.3 Å². The van der Waals surface area contributed by atoms with E-state index in [1.165, 1.54) is 17.7 Å². The number of halogens is 4. The van der Waals surface area contributed by atoms with Gasteiger partial charge in [0.25, 0.3) is 5.91 Å². The van der Waals surface area contributed by atoms with Crippen molar-refractivity contribution in [3.63, 3.8) is 0 Å². The van der Waals surface area contributed by atoms with Crippen LogP contribution in [-0.4, -0.2) is 22.3 Å². The van der Waals surface area contributed by atoms with Crippen molar-refractivity contribution in [2.75, 3.05) is 11.9 Å². The number of rotatable bonds is 8. The van der Waals surface area contributed by atoms with Crippen LogP contribution in [0.15, 0.2) is 48.5 Å². The molecule has 0 fully saturated rings. The molecule has 1 aromatic heterocycles. The van der Waals surface area contributed by atoms with Crippen LogP contribution in [0.4, 0.5) is 18.9 Å². The molecule has 1 amide bonds. The third-order valence-corrected chi connectivity index (χ3v) is 5.10. The highest BCUT2D eigenvalue weighted by atomic mass is 35.5. The number of alkyl halides is 3. The van der Waals surface area contributed by atoms with Crippen LogP contribution >= 0.6 is 11.6 Å². The van der Waals surface area contributed by atoms with Gasteiger partial charge in [-0.05, 0) is 49.1 Å². The van der Waals surface area contributed by atoms with Gasteiger partial charge in [-0.3, -0.25) is 4.79 Å². The number of hydrogen-bond acceptors (Lipinski definition) is 3. The second-order valence-electron chi connectivity index (χ2n) is 7.32. The molecule has 0 aliphatic carbocycles. The normalized spacial score (nSPS) is 11.4. The smallest absolute Gasteiger partial charge is 0.435 e. The standard InChI is InChI=1S/C23H23ClF3N3O2/c1-3-4-7-16-10-11-18(15(2)12-16)28-21(31)14-32-22-13-20(23(25,26)27)29-30(22)19-9-6-5-8-17(19)24/h5-6,8-13H,3-4,7,14H2,1-2H3,(H,28,31). The number of aryl methyl sites for hydroxylation is 2. The summed E-state index contributed by atoms with van der Waals surface area (Å²) >= 11 is 6.11. The summed E-state index contributed by atoms with van der Waals surface area (Å²) < 4.78 is 45.9. The van der Waals surface area contributed by atoms with Crippen molar-refractivity contribution in [2.45, 2.75) is 39.3 Å². The predicted molar refractivity (Wildman–Crippen MR) is 117 cm³/mol. The Hall–Kier alpha value is -3.00. The zero-order valence-electron chi connectivity index (χ0n) is 17.7. The lowest BCUT2D eigenvalue weighted by molar-refractivity contribution is -0.141. The molecule has 2 aromatic carbocycles. The average Bonchev–Trinajstić information content (AvgIpc) is 3.17. The number of benzene rings is 2. The van der Waals surface area contributed by atoms with Crippen LogP contribution < -0.4 is 10.1 Å². The summed E-state index contributed by atoms with van der Waals surface area (Å²) in [5, 5.41) is 6.49. The number of para-hydroxylation sites is 1. The summed E-state index contributed by atoms with van der Waals surface area (Å²) in [5.74, 6) is -0.748. The third-order valence-electron chi connectivity index (χ3n) is 4.78. The van der Waals surface area contributed by atoms with E-state index in [4.69, 9.17) is 16.3 Å². The fourth-order valence-corrected chi connectivity index (χ4v) is 3.35. The molecular weight excluding hydrogens is 443 g/mol. The first-order valence-electron chi connectivity index (χ1n) is 10.1. The van der Waals surface area contributed by atoms with E-state index in [9.17, 15) is 18.0 Å². The summed E-state index contributed by atoms with van der Waals surface area (Å²) in [5.41, 5.74) is 1.76. The molecule has 0 saturated carbocycles. The van der Waals surface area contributed by atoms with E-state index in [1.54, 1.807) is 12.1 Å². The predicted octanol–water partition coefficient (Wildman–Crippen LogP) is 6.21. The number of hydrogen-bond donors (Lipinski definition) is 1. The number of nitrogens with zero attached hydrogens (tertiary/aromatic N) is 2. The highest BCUT2D eigenvalue weighted by molar-refractivity contribution is 6.32. The van der Waals surface area contributed by atoms with E-state index in [0.717, 1.165) is 35.6 Å². The van der Waals surface area contributed by atoms with Crippen molar-refractivity contribution in [1.29, 1.82) is 0 Å². The van der Waals surface area contributed by atoms with Crippen molar-refractivity contribution < 1.29 is 22.7 Å². The molecule has 9 heteroatoms. The molecule has 0 saturated heterocycles. The lowest BCUT2D eigenvalue weighted by Crippen LogP contribution is -2.21. The van der Waals surface area contributed by atoms with E-state index < -0.39 is 24.4 Å². The molecule has 0 bridgehead atoms. The van der Waals surface area contributed by atoms with E-state index >= 15 is 0 Å². The average molecular weight is 466 g/mol. The highest BCUT2D eigenvalue weighted by Crippen LogP contribution is 2.33. The second kappa shape index (κ2) is 10.1. The van der Waals surface area contributed by atoms with Crippen molar-refractivity contribution in [2.24, 2.45) is 0 Å². The topological polar surface area (TPSA) is 56.1 Å². The zero-order chi connectivity index (χ0) is 23.3. The first-order valence-corrected chi connectivity index (χ1v) is 10.5. The maximum atomic E-state index is 13.2. The number of aromatic nitrogens is 2. The van der Waals surface area contributed by atoms with Crippen LogP contribution in [0, 0.1) is 6.92 Å². The molecule has 1 heterocycles. The maximum absolute atomic E-state index is 13.2. The number of amides is 1. The molecule has 0 unspecified atom stereocenters. The molecule has 3 aromatic rings. The van der Waals surface area contributed by atoms with Gasteiger partial charge >= 0.3 is 6.18 Å². The fourth-order valence-electron chi connectivity index (χ4n) is 3.13. The number of unbranched alkanes of at least 4 members (excludes halogenated alkanes) is 1. The molecule has 0 spiro atoms. The van der Waals surface area contributed by atoms with Gasteiger partial charge in [0.05, 0.1) is 10.7 Å². The highest BCUT2D eigenvalue weighted by Gasteiger charge is 2.36. The molecule has 0 aliphatic rings. The molecule has 5 nitrogen and oxygen atoms in total. The molecule has 0 aliphatic heterocycles. The van der Waals surface area contributed by atoms with Crippen molar-refractivity contribution >= 4 is 23.2 Å². The monoisotopic (exact) mass is 465 g/mol. The molecule has 0 radical (unpaired) electrons. The summed E-state index contributed by atoms with van der Waals surface area (Å²) in [6.07, 6.45) is -1.54. The van der Waals surface area contributed by atoms with Gasteiger partial charge in [0.2, 0.25) is 5.88 Å². The van der Waals surface area contributed by atoms with Crippen molar-refractivity contribution in [1.82, 2.24) is 9.78 Å². The van der Waals surface area contributed by atoms with Gasteiger partial charge in [0, 0.05) is 11.8 Å². The Morgan fingerprint density at radius 3 is 2.59 bits per heavy atom. The van der Waals surface area contributed by atoms with Crippen molar-refractivity contribution in [3.8, 4) is 11.6 Å². The quantitative estimate of drug-likeness (QED) is 0.430. The van der Waals surface area contributed by atoms with E-state index in [2.05, 4.69) is 17.3 Å². The second-order valence-corrected chi connectivity index (χ2v) is 7.73. The van der Waals surface area contributed by atoms with E-state index in [0.29, 0.717) is 5.69 Å². The summed E-state index contributed by atoms with van der Waals surface area (Å²) in [4.78, 5) is 12.4. The molecule has 1 N–H and O–H groups in total. The molecule has 32 heavy (non-hydrogen) atoms. The molecular formula is C23H23ClF3N3O2. The Morgan fingerprint density at radius 2 is 1.94 bits per heavy atom. The largest absolute Gasteiger partial charge is 0.467 e. The molecule has 3 rings (SSSR count). The fraction of sp³-hybridized carbons (Fsp3) is 0.304. The third kappa shape index (κ3) is 5.82. The minimum atomic E-state index is -4.68. The Bertz CT molecular complexity index is 1100. The number of nitrogens with one attached hydrogen (secondary N) is 1. The zero-order valence-corrected chi connectivity index (χ0v) is 18.4. The Balaban J connectivity index is 1.74. The van der Waals surface area contributed by atoms with Crippen LogP contribution in [0.5, 0.6) is 5.88 Å². The number of ether oxygens (including phenoxy) is 1. The van der Waals surface area contributed by atoms with Gasteiger partial charge in [-0.15, -0.1) is 0 Å². The van der Waals surface area contributed by atoms with Crippen LogP contribution in [0.25, 0.3) is 5.69 Å². The van der Waals surface area contributed by atoms with Crippen molar-refractivity contribution in [3.05, 3.63) is 70.4 Å². The van der Waals surface area contributed by atoms with Gasteiger partial charge in [0.1, 0.15) is 0 Å².